The maximum Gasteiger partial charge on any atom is 0.270 e. The first kappa shape index (κ1) is 14.2. The molecule has 1 aliphatic carbocycles. The van der Waals surface area contributed by atoms with Gasteiger partial charge in [-0.25, -0.2) is 0 Å². The van der Waals surface area contributed by atoms with Gasteiger partial charge < -0.3 is 15.0 Å². The van der Waals surface area contributed by atoms with Crippen molar-refractivity contribution in [1.29, 1.82) is 0 Å². The molecule has 1 amide bonds. The van der Waals surface area contributed by atoms with Gasteiger partial charge in [0.25, 0.3) is 5.91 Å². The minimum atomic E-state index is -0.908. The van der Waals surface area contributed by atoms with Crippen LogP contribution in [0.2, 0.25) is 0 Å². The van der Waals surface area contributed by atoms with Crippen LogP contribution in [0.25, 0.3) is 0 Å². The molecule has 0 bridgehead atoms. The summed E-state index contributed by atoms with van der Waals surface area (Å²) in [6, 6.07) is 6.32. The first-order valence-corrected chi connectivity index (χ1v) is 7.49. The summed E-state index contributed by atoms with van der Waals surface area (Å²) in [5, 5.41) is 3.41. The largest absolute Gasteiger partial charge is 0.476 e. The number of halogens is 1. The van der Waals surface area contributed by atoms with Crippen LogP contribution in [-0.4, -0.2) is 30.8 Å². The Hall–Kier alpha value is -1.78. The number of nitrogens with zero attached hydrogens (tertiary/aromatic N) is 1. The van der Waals surface area contributed by atoms with E-state index in [1.807, 2.05) is 18.2 Å². The van der Waals surface area contributed by atoms with Gasteiger partial charge in [-0.05, 0) is 51.3 Å². The van der Waals surface area contributed by atoms with Gasteiger partial charge in [0.2, 0.25) is 0 Å². The molecular formula is C16H21FN2O2. The number of hydrogen-bond acceptors (Lipinski definition) is 3. The first-order chi connectivity index (χ1) is 10.0. The SMILES string of the molecule is CC1(C)Oc2ccc(NC3CC3)cc2N(CCCF)C1=O. The molecule has 1 fully saturated rings. The Kier molecular flexibility index (Phi) is 3.51. The Morgan fingerprint density at radius 2 is 2.19 bits per heavy atom. The van der Waals surface area contributed by atoms with Crippen LogP contribution in [-0.2, 0) is 4.79 Å². The predicted octanol–water partition coefficient (Wildman–Crippen LogP) is 3.12. The van der Waals surface area contributed by atoms with Gasteiger partial charge in [-0.3, -0.25) is 9.18 Å². The second kappa shape index (κ2) is 5.20. The van der Waals surface area contributed by atoms with E-state index in [1.165, 1.54) is 12.8 Å². The minimum Gasteiger partial charge on any atom is -0.476 e. The summed E-state index contributed by atoms with van der Waals surface area (Å²) < 4.78 is 18.3. The van der Waals surface area contributed by atoms with Gasteiger partial charge in [0.15, 0.2) is 5.60 Å². The fraction of sp³-hybridized carbons (Fsp3) is 0.562. The molecule has 0 saturated heterocycles. The van der Waals surface area contributed by atoms with Crippen LogP contribution >= 0.6 is 0 Å². The van der Waals surface area contributed by atoms with Crippen LogP contribution < -0.4 is 15.0 Å². The number of amides is 1. The summed E-state index contributed by atoms with van der Waals surface area (Å²) >= 11 is 0. The van der Waals surface area contributed by atoms with Gasteiger partial charge in [0, 0.05) is 18.3 Å². The molecule has 1 N–H and O–H groups in total. The number of rotatable bonds is 5. The molecule has 1 aliphatic heterocycles. The number of hydrogen-bond donors (Lipinski definition) is 1. The fourth-order valence-corrected chi connectivity index (χ4v) is 2.56. The number of anilines is 2. The highest BCUT2D eigenvalue weighted by Gasteiger charge is 2.40. The third-order valence-electron chi connectivity index (χ3n) is 3.84. The normalized spacial score (nSPS) is 20.0. The molecule has 1 saturated carbocycles. The Labute approximate surface area is 124 Å². The maximum absolute atomic E-state index is 12.5. The Morgan fingerprint density at radius 3 is 2.86 bits per heavy atom. The van der Waals surface area contributed by atoms with Crippen molar-refractivity contribution in [3.63, 3.8) is 0 Å². The fourth-order valence-electron chi connectivity index (χ4n) is 2.56. The molecule has 1 aromatic carbocycles. The lowest BCUT2D eigenvalue weighted by Gasteiger charge is -2.39. The average Bonchev–Trinajstić information content (AvgIpc) is 3.24. The van der Waals surface area contributed by atoms with Crippen molar-refractivity contribution in [2.75, 3.05) is 23.4 Å². The van der Waals surface area contributed by atoms with E-state index >= 15 is 0 Å². The van der Waals surface area contributed by atoms with Crippen LogP contribution in [0, 0.1) is 0 Å². The van der Waals surface area contributed by atoms with Crippen molar-refractivity contribution in [3.8, 4) is 5.75 Å². The molecule has 0 atom stereocenters. The van der Waals surface area contributed by atoms with Crippen LogP contribution in [0.3, 0.4) is 0 Å². The third-order valence-corrected chi connectivity index (χ3v) is 3.84. The molecule has 3 rings (SSSR count). The molecule has 21 heavy (non-hydrogen) atoms. The maximum atomic E-state index is 12.5. The van der Waals surface area contributed by atoms with Crippen molar-refractivity contribution >= 4 is 17.3 Å². The molecule has 5 heteroatoms. The van der Waals surface area contributed by atoms with Crippen molar-refractivity contribution in [1.82, 2.24) is 0 Å². The summed E-state index contributed by atoms with van der Waals surface area (Å²) in [6.07, 6.45) is 2.71. The van der Waals surface area contributed by atoms with Crippen molar-refractivity contribution < 1.29 is 13.9 Å². The Balaban J connectivity index is 1.92. The van der Waals surface area contributed by atoms with Crippen LogP contribution in [0.5, 0.6) is 5.75 Å². The van der Waals surface area contributed by atoms with E-state index in [4.69, 9.17) is 4.74 Å². The van der Waals surface area contributed by atoms with E-state index in [2.05, 4.69) is 5.32 Å². The third kappa shape index (κ3) is 2.82. The molecule has 2 aliphatic rings. The molecule has 114 valence electrons. The zero-order valence-corrected chi connectivity index (χ0v) is 12.5. The summed E-state index contributed by atoms with van der Waals surface area (Å²) in [4.78, 5) is 14.2. The highest BCUT2D eigenvalue weighted by atomic mass is 19.1. The van der Waals surface area contributed by atoms with Crippen molar-refractivity contribution in [2.45, 2.75) is 44.8 Å². The van der Waals surface area contributed by atoms with Crippen LogP contribution in [0.1, 0.15) is 33.1 Å². The predicted molar refractivity (Wildman–Crippen MR) is 80.7 cm³/mol. The van der Waals surface area contributed by atoms with Gasteiger partial charge in [-0.15, -0.1) is 0 Å². The van der Waals surface area contributed by atoms with Crippen LogP contribution in [0.4, 0.5) is 15.8 Å². The van der Waals surface area contributed by atoms with Gasteiger partial charge >= 0.3 is 0 Å². The number of benzene rings is 1. The summed E-state index contributed by atoms with van der Waals surface area (Å²) in [5.41, 5.74) is 0.811. The zero-order valence-electron chi connectivity index (χ0n) is 12.5. The number of nitrogens with one attached hydrogen (secondary N) is 1. The lowest BCUT2D eigenvalue weighted by molar-refractivity contribution is -0.132. The molecule has 0 radical (unpaired) electrons. The molecule has 0 spiro atoms. The number of ether oxygens (including phenoxy) is 1. The van der Waals surface area contributed by atoms with E-state index in [9.17, 15) is 9.18 Å². The van der Waals surface area contributed by atoms with Crippen molar-refractivity contribution in [2.24, 2.45) is 0 Å². The molecule has 1 aromatic rings. The summed E-state index contributed by atoms with van der Waals surface area (Å²) in [5.74, 6) is 0.562. The molecule has 1 heterocycles. The van der Waals surface area contributed by atoms with Gasteiger partial charge in [-0.1, -0.05) is 0 Å². The smallest absolute Gasteiger partial charge is 0.270 e. The second-order valence-corrected chi connectivity index (χ2v) is 6.21. The van der Waals surface area contributed by atoms with Gasteiger partial charge in [0.05, 0.1) is 12.4 Å². The number of alkyl halides is 1. The quantitative estimate of drug-likeness (QED) is 0.906. The molecular weight excluding hydrogens is 271 g/mol. The Bertz CT molecular complexity index is 555. The molecule has 4 nitrogen and oxygen atoms in total. The van der Waals surface area contributed by atoms with E-state index in [0.717, 1.165) is 11.4 Å². The average molecular weight is 292 g/mol. The minimum absolute atomic E-state index is 0.118. The van der Waals surface area contributed by atoms with Gasteiger partial charge in [-0.2, -0.15) is 0 Å². The number of fused-ring (bicyclic) bond motifs is 1. The highest BCUT2D eigenvalue weighted by Crippen LogP contribution is 2.40. The summed E-state index contributed by atoms with van der Waals surface area (Å²) in [7, 11) is 0. The molecule has 0 unspecified atom stereocenters. The Morgan fingerprint density at radius 1 is 1.43 bits per heavy atom. The van der Waals surface area contributed by atoms with E-state index < -0.39 is 12.3 Å². The standard InChI is InChI=1S/C16H21FN2O2/c1-16(2)15(20)19(9-3-8-17)13-10-12(18-11-4-5-11)6-7-14(13)21-16/h6-7,10-11,18H,3-5,8-9H2,1-2H3. The monoisotopic (exact) mass is 292 g/mol. The van der Waals surface area contributed by atoms with E-state index in [0.29, 0.717) is 24.8 Å². The van der Waals surface area contributed by atoms with E-state index in [1.54, 1.807) is 18.7 Å². The van der Waals surface area contributed by atoms with Crippen LogP contribution in [0.15, 0.2) is 18.2 Å². The van der Waals surface area contributed by atoms with E-state index in [-0.39, 0.29) is 5.91 Å². The highest BCUT2D eigenvalue weighted by molar-refractivity contribution is 6.02. The molecule has 0 aromatic heterocycles. The lowest BCUT2D eigenvalue weighted by atomic mass is 10.0. The second-order valence-electron chi connectivity index (χ2n) is 6.21. The number of carbonyl (C=O) groups is 1. The number of carbonyl (C=O) groups excluding carboxylic acids is 1. The lowest BCUT2D eigenvalue weighted by Crippen LogP contribution is -2.52. The first-order valence-electron chi connectivity index (χ1n) is 7.49. The topological polar surface area (TPSA) is 41.6 Å². The van der Waals surface area contributed by atoms with Crippen molar-refractivity contribution in [3.05, 3.63) is 18.2 Å². The van der Waals surface area contributed by atoms with Gasteiger partial charge in [0.1, 0.15) is 5.75 Å². The zero-order chi connectivity index (χ0) is 15.0. The summed E-state index contributed by atoms with van der Waals surface area (Å²) in [6.45, 7) is 3.44.